The smallest absolute Gasteiger partial charge is 0.254 e. The van der Waals surface area contributed by atoms with Crippen LogP contribution in [0, 0.1) is 0 Å². The first-order chi connectivity index (χ1) is 9.00. The molecule has 0 aromatic carbocycles. The van der Waals surface area contributed by atoms with E-state index in [1.54, 1.807) is 0 Å². The average Bonchev–Trinajstić information content (AvgIpc) is 2.36. The summed E-state index contributed by atoms with van der Waals surface area (Å²) in [6, 6.07) is 1.50. The fourth-order valence-corrected chi connectivity index (χ4v) is 1.49. The third-order valence-corrected chi connectivity index (χ3v) is 2.62. The monoisotopic (exact) mass is 286 g/mol. The van der Waals surface area contributed by atoms with Gasteiger partial charge >= 0.3 is 0 Å². The summed E-state index contributed by atoms with van der Waals surface area (Å²) in [6.45, 7) is 2.34. The van der Waals surface area contributed by atoms with Crippen LogP contribution in [0.1, 0.15) is 10.4 Å². The standard InChI is InChI=1S/C12H19ClN4O2/c1-17(2)4-6-19-5-3-15-12(18)10-7-9(14)8-16-11(10)13/h7-8H,3-6,14H2,1-2H3,(H,15,18). The molecule has 6 nitrogen and oxygen atoms in total. The van der Waals surface area contributed by atoms with E-state index >= 15 is 0 Å². The Balaban J connectivity index is 2.29. The van der Waals surface area contributed by atoms with Gasteiger partial charge in [0, 0.05) is 13.1 Å². The topological polar surface area (TPSA) is 80.5 Å². The van der Waals surface area contributed by atoms with Gasteiger partial charge in [0.1, 0.15) is 5.15 Å². The van der Waals surface area contributed by atoms with Gasteiger partial charge in [0.05, 0.1) is 30.7 Å². The molecule has 19 heavy (non-hydrogen) atoms. The van der Waals surface area contributed by atoms with E-state index in [-0.39, 0.29) is 16.6 Å². The van der Waals surface area contributed by atoms with Gasteiger partial charge in [-0.05, 0) is 20.2 Å². The highest BCUT2D eigenvalue weighted by atomic mass is 35.5. The number of ether oxygens (including phenoxy) is 1. The lowest BCUT2D eigenvalue weighted by molar-refractivity contribution is 0.0900. The lowest BCUT2D eigenvalue weighted by Crippen LogP contribution is -2.28. The number of rotatable bonds is 7. The number of halogens is 1. The molecule has 0 unspecified atom stereocenters. The summed E-state index contributed by atoms with van der Waals surface area (Å²) in [6.07, 6.45) is 1.41. The lowest BCUT2D eigenvalue weighted by Gasteiger charge is -2.10. The van der Waals surface area contributed by atoms with E-state index in [9.17, 15) is 4.79 Å². The molecule has 3 N–H and O–H groups in total. The molecule has 0 aliphatic heterocycles. The zero-order chi connectivity index (χ0) is 14.3. The van der Waals surface area contributed by atoms with Gasteiger partial charge in [0.25, 0.3) is 5.91 Å². The van der Waals surface area contributed by atoms with E-state index < -0.39 is 0 Å². The number of likely N-dealkylation sites (N-methyl/N-ethyl adjacent to an activating group) is 1. The second-order valence-corrected chi connectivity index (χ2v) is 4.64. The third kappa shape index (κ3) is 5.87. The Hall–Kier alpha value is -1.37. The minimum atomic E-state index is -0.305. The van der Waals surface area contributed by atoms with Crippen LogP contribution in [-0.4, -0.2) is 56.2 Å². The number of pyridine rings is 1. The molecule has 0 aliphatic rings. The summed E-state index contributed by atoms with van der Waals surface area (Å²) in [5.74, 6) is -0.305. The maximum absolute atomic E-state index is 11.8. The Morgan fingerprint density at radius 2 is 2.26 bits per heavy atom. The first-order valence-electron chi connectivity index (χ1n) is 5.92. The molecule has 0 bridgehead atoms. The first kappa shape index (κ1) is 15.7. The molecular weight excluding hydrogens is 268 g/mol. The number of carbonyl (C=O) groups is 1. The molecule has 1 rings (SSSR count). The zero-order valence-corrected chi connectivity index (χ0v) is 11.9. The lowest BCUT2D eigenvalue weighted by atomic mass is 10.2. The second kappa shape index (κ2) is 7.93. The van der Waals surface area contributed by atoms with Crippen molar-refractivity contribution in [2.75, 3.05) is 46.1 Å². The number of anilines is 1. The fourth-order valence-electron chi connectivity index (χ4n) is 1.30. The van der Waals surface area contributed by atoms with Crippen molar-refractivity contribution in [1.29, 1.82) is 0 Å². The van der Waals surface area contributed by atoms with E-state index in [1.807, 2.05) is 19.0 Å². The van der Waals surface area contributed by atoms with E-state index in [0.29, 0.717) is 25.4 Å². The maximum atomic E-state index is 11.8. The predicted octanol–water partition coefficient (Wildman–Crippen LogP) is 0.625. The van der Waals surface area contributed by atoms with Crippen molar-refractivity contribution < 1.29 is 9.53 Å². The van der Waals surface area contributed by atoms with Crippen molar-refractivity contribution in [1.82, 2.24) is 15.2 Å². The largest absolute Gasteiger partial charge is 0.397 e. The van der Waals surface area contributed by atoms with Crippen LogP contribution in [0.2, 0.25) is 5.15 Å². The van der Waals surface area contributed by atoms with E-state index in [2.05, 4.69) is 10.3 Å². The summed E-state index contributed by atoms with van der Waals surface area (Å²) in [5, 5.41) is 2.84. The summed E-state index contributed by atoms with van der Waals surface area (Å²) in [7, 11) is 3.94. The molecule has 0 spiro atoms. The zero-order valence-electron chi connectivity index (χ0n) is 11.1. The SMILES string of the molecule is CN(C)CCOCCNC(=O)c1cc(N)cnc1Cl. The van der Waals surface area contributed by atoms with Crippen molar-refractivity contribution in [3.63, 3.8) is 0 Å². The molecule has 0 fully saturated rings. The minimum absolute atomic E-state index is 0.139. The van der Waals surface area contributed by atoms with Crippen LogP contribution in [0.25, 0.3) is 0 Å². The Bertz CT molecular complexity index is 426. The van der Waals surface area contributed by atoms with Gasteiger partial charge in [-0.3, -0.25) is 4.79 Å². The van der Waals surface area contributed by atoms with Crippen molar-refractivity contribution in [2.24, 2.45) is 0 Å². The third-order valence-electron chi connectivity index (χ3n) is 2.32. The molecule has 0 atom stereocenters. The van der Waals surface area contributed by atoms with E-state index in [4.69, 9.17) is 22.1 Å². The van der Waals surface area contributed by atoms with Gasteiger partial charge in [-0.2, -0.15) is 0 Å². The number of nitrogens with one attached hydrogen (secondary N) is 1. The highest BCUT2D eigenvalue weighted by molar-refractivity contribution is 6.32. The summed E-state index contributed by atoms with van der Waals surface area (Å²) in [5.41, 5.74) is 6.23. The normalized spacial score (nSPS) is 10.7. The average molecular weight is 287 g/mol. The summed E-state index contributed by atoms with van der Waals surface area (Å²) < 4.78 is 5.36. The molecule has 1 aromatic rings. The van der Waals surface area contributed by atoms with Crippen LogP contribution in [-0.2, 0) is 4.74 Å². The number of amides is 1. The summed E-state index contributed by atoms with van der Waals surface area (Å²) in [4.78, 5) is 17.6. The van der Waals surface area contributed by atoms with Crippen LogP contribution >= 0.6 is 11.6 Å². The van der Waals surface area contributed by atoms with Crippen LogP contribution in [0.3, 0.4) is 0 Å². The molecule has 1 heterocycles. The highest BCUT2D eigenvalue weighted by Gasteiger charge is 2.11. The Labute approximate surface area is 117 Å². The molecule has 0 aliphatic carbocycles. The number of hydrogen-bond acceptors (Lipinski definition) is 5. The molecule has 0 saturated carbocycles. The number of nitrogens with two attached hydrogens (primary N) is 1. The minimum Gasteiger partial charge on any atom is -0.397 e. The van der Waals surface area contributed by atoms with Gasteiger partial charge in [-0.1, -0.05) is 11.6 Å². The van der Waals surface area contributed by atoms with Gasteiger partial charge < -0.3 is 20.7 Å². The number of nitrogens with zero attached hydrogens (tertiary/aromatic N) is 2. The summed E-state index contributed by atoms with van der Waals surface area (Å²) >= 11 is 5.82. The molecule has 0 saturated heterocycles. The van der Waals surface area contributed by atoms with Gasteiger partial charge in [0.2, 0.25) is 0 Å². The van der Waals surface area contributed by atoms with Crippen LogP contribution in [0.15, 0.2) is 12.3 Å². The number of nitrogen functional groups attached to an aromatic ring is 1. The molecule has 0 radical (unpaired) electrons. The van der Waals surface area contributed by atoms with Crippen LogP contribution in [0.4, 0.5) is 5.69 Å². The molecule has 1 amide bonds. The number of aromatic nitrogens is 1. The number of hydrogen-bond donors (Lipinski definition) is 2. The Morgan fingerprint density at radius 3 is 2.95 bits per heavy atom. The van der Waals surface area contributed by atoms with Gasteiger partial charge in [-0.15, -0.1) is 0 Å². The van der Waals surface area contributed by atoms with Crippen molar-refractivity contribution >= 4 is 23.2 Å². The van der Waals surface area contributed by atoms with Crippen LogP contribution in [0.5, 0.6) is 0 Å². The molecule has 106 valence electrons. The Kier molecular flexibility index (Phi) is 6.55. The van der Waals surface area contributed by atoms with Gasteiger partial charge in [-0.25, -0.2) is 4.98 Å². The molecule has 7 heteroatoms. The van der Waals surface area contributed by atoms with Crippen molar-refractivity contribution in [3.8, 4) is 0 Å². The molecule has 1 aromatic heterocycles. The first-order valence-corrected chi connectivity index (χ1v) is 6.30. The highest BCUT2D eigenvalue weighted by Crippen LogP contribution is 2.14. The second-order valence-electron chi connectivity index (χ2n) is 4.28. The maximum Gasteiger partial charge on any atom is 0.254 e. The van der Waals surface area contributed by atoms with Crippen LogP contribution < -0.4 is 11.1 Å². The number of carbonyl (C=O) groups excluding carboxylic acids is 1. The quantitative estimate of drug-likeness (QED) is 0.567. The fraction of sp³-hybridized carbons (Fsp3) is 0.500. The van der Waals surface area contributed by atoms with E-state index in [0.717, 1.165) is 6.54 Å². The Morgan fingerprint density at radius 1 is 1.53 bits per heavy atom. The molecular formula is C12H19ClN4O2. The van der Waals surface area contributed by atoms with E-state index in [1.165, 1.54) is 12.3 Å². The van der Waals surface area contributed by atoms with Gasteiger partial charge in [0.15, 0.2) is 0 Å². The predicted molar refractivity (Wildman–Crippen MR) is 75.4 cm³/mol. The van der Waals surface area contributed by atoms with Crippen molar-refractivity contribution in [2.45, 2.75) is 0 Å². The van der Waals surface area contributed by atoms with Crippen molar-refractivity contribution in [3.05, 3.63) is 23.0 Å².